The fraction of sp³-hybridized carbons (Fsp3) is 0.878. The predicted molar refractivity (Wildman–Crippen MR) is 189 cm³/mol. The highest BCUT2D eigenvalue weighted by molar-refractivity contribution is 5.68. The van der Waals surface area contributed by atoms with E-state index in [4.69, 9.17) is 37.9 Å². The molecule has 12 nitrogen and oxygen atoms in total. The van der Waals surface area contributed by atoms with Gasteiger partial charge in [0.2, 0.25) is 0 Å². The van der Waals surface area contributed by atoms with Gasteiger partial charge in [0, 0.05) is 40.2 Å². The molecule has 53 heavy (non-hydrogen) atoms. The van der Waals surface area contributed by atoms with Gasteiger partial charge in [0.25, 0.3) is 5.97 Å². The molecule has 0 aromatic heterocycles. The van der Waals surface area contributed by atoms with Crippen molar-refractivity contribution in [2.45, 2.75) is 168 Å². The number of hydrogen-bond acceptors (Lipinski definition) is 12. The molecule has 17 atom stereocenters. The zero-order valence-corrected chi connectivity index (χ0v) is 32.9. The van der Waals surface area contributed by atoms with Crippen LogP contribution in [0.5, 0.6) is 0 Å². The number of fused-ring (bicyclic) bond motifs is 8. The first-order valence-electron chi connectivity index (χ1n) is 20.3. The lowest BCUT2D eigenvalue weighted by Gasteiger charge is -2.58. The third kappa shape index (κ3) is 6.39. The molecular weight excluding hydrogens is 682 g/mol. The Morgan fingerprint density at radius 2 is 1.64 bits per heavy atom. The van der Waals surface area contributed by atoms with Gasteiger partial charge in [-0.15, -0.1) is 0 Å². The average molecular weight is 744 g/mol. The van der Waals surface area contributed by atoms with Gasteiger partial charge in [-0.1, -0.05) is 39.3 Å². The van der Waals surface area contributed by atoms with Crippen LogP contribution in [-0.2, 0) is 52.3 Å². The third-order valence-corrected chi connectivity index (χ3v) is 15.2. The summed E-state index contributed by atoms with van der Waals surface area (Å²) < 4.78 is 49.0. The highest BCUT2D eigenvalue weighted by atomic mass is 16.9. The van der Waals surface area contributed by atoms with Crippen molar-refractivity contribution in [1.82, 2.24) is 5.32 Å². The van der Waals surface area contributed by atoms with Crippen LogP contribution in [-0.4, -0.2) is 85.7 Å². The Hall–Kier alpha value is -2.09. The first-order chi connectivity index (χ1) is 25.0. The minimum Gasteiger partial charge on any atom is -0.463 e. The lowest BCUT2D eigenvalue weighted by atomic mass is 9.47. The van der Waals surface area contributed by atoms with Crippen LogP contribution >= 0.6 is 0 Å². The van der Waals surface area contributed by atoms with Crippen LogP contribution in [0.25, 0.3) is 0 Å². The first kappa shape index (κ1) is 37.8. The van der Waals surface area contributed by atoms with Gasteiger partial charge in [-0.2, -0.15) is 0 Å². The maximum atomic E-state index is 12.2. The number of esters is 3. The lowest BCUT2D eigenvalue weighted by Crippen LogP contribution is -2.60. The Morgan fingerprint density at radius 3 is 2.34 bits per heavy atom. The largest absolute Gasteiger partial charge is 0.463 e. The van der Waals surface area contributed by atoms with E-state index in [1.807, 2.05) is 0 Å². The van der Waals surface area contributed by atoms with Crippen molar-refractivity contribution in [2.75, 3.05) is 13.2 Å². The number of piperidine rings is 1. The van der Waals surface area contributed by atoms with Crippen LogP contribution in [0, 0.1) is 46.3 Å². The van der Waals surface area contributed by atoms with Crippen molar-refractivity contribution in [3.8, 4) is 0 Å². The number of hydrogen-bond donors (Lipinski definition) is 1. The number of nitrogens with one attached hydrogen (secondary N) is 1. The van der Waals surface area contributed by atoms with E-state index >= 15 is 0 Å². The van der Waals surface area contributed by atoms with Crippen LogP contribution < -0.4 is 5.32 Å². The summed E-state index contributed by atoms with van der Waals surface area (Å²) in [4.78, 5) is 36.0. The van der Waals surface area contributed by atoms with Crippen molar-refractivity contribution in [2.24, 2.45) is 46.3 Å². The summed E-state index contributed by atoms with van der Waals surface area (Å²) in [7, 11) is 0. The predicted octanol–water partition coefficient (Wildman–Crippen LogP) is 5.55. The van der Waals surface area contributed by atoms with Gasteiger partial charge in [0.15, 0.2) is 24.6 Å². The van der Waals surface area contributed by atoms with Crippen LogP contribution in [0.1, 0.15) is 113 Å². The maximum Gasteiger partial charge on any atom is 0.303 e. The van der Waals surface area contributed by atoms with Gasteiger partial charge in [-0.05, 0) is 98.2 Å². The summed E-state index contributed by atoms with van der Waals surface area (Å²) in [6.45, 7) is 16.3. The third-order valence-electron chi connectivity index (χ3n) is 15.2. The normalized spacial score (nSPS) is 51.2. The Balaban J connectivity index is 0.951. The first-order valence-corrected chi connectivity index (χ1v) is 20.3. The molecule has 4 aliphatic heterocycles. The van der Waals surface area contributed by atoms with E-state index in [9.17, 15) is 14.4 Å². The standard InChI is InChI=1S/C41H61NO11/c1-21-11-16-41(42-19-21)22(2)33-31(51-41)18-30-28-10-9-26-17-27(12-14-38(26,6)29(28)13-15-39(30,33)7)50-40(8)52-36-35(48-25(5)45)34(47-24(4)44)32(20-46-23(3)43)49-37(36)53-40/h9,21-22,27-37,42H,10-20H2,1-8H3/t21-,22+,27-,28-,29+,30+,31+,32-,33+,34-,35+,36-,37-,38+,39+,40?,41-/m1/s1. The molecule has 1 N–H and O–H groups in total. The Bertz CT molecular complexity index is 1490. The van der Waals surface area contributed by atoms with E-state index in [2.05, 4.69) is 39.1 Å². The van der Waals surface area contributed by atoms with Gasteiger partial charge < -0.3 is 33.2 Å². The van der Waals surface area contributed by atoms with Gasteiger partial charge >= 0.3 is 17.9 Å². The number of carbonyl (C=O) groups excluding carboxylic acids is 3. The van der Waals surface area contributed by atoms with Crippen molar-refractivity contribution < 1.29 is 52.3 Å². The van der Waals surface area contributed by atoms with E-state index in [1.54, 1.807) is 6.92 Å². The molecule has 0 aromatic rings. The fourth-order valence-corrected chi connectivity index (χ4v) is 12.9. The number of allylic oxidation sites excluding steroid dienone is 1. The second-order valence-electron chi connectivity index (χ2n) is 18.5. The molecule has 4 aliphatic carbocycles. The number of rotatable bonds is 6. The van der Waals surface area contributed by atoms with Gasteiger partial charge in [0.05, 0.1) is 12.2 Å². The minimum absolute atomic E-state index is 0.119. The van der Waals surface area contributed by atoms with E-state index < -0.39 is 54.6 Å². The van der Waals surface area contributed by atoms with Crippen LogP contribution in [0.2, 0.25) is 0 Å². The van der Waals surface area contributed by atoms with Crippen molar-refractivity contribution in [3.63, 3.8) is 0 Å². The molecule has 0 bridgehead atoms. The Kier molecular flexibility index (Phi) is 9.66. The summed E-state index contributed by atoms with van der Waals surface area (Å²) >= 11 is 0. The number of ether oxygens (including phenoxy) is 8. The van der Waals surface area contributed by atoms with Crippen molar-refractivity contribution in [3.05, 3.63) is 11.6 Å². The SMILES string of the molecule is CC(=O)OC[C@H]1O[C@@H]2OC(C)(O[C@@H]3CC[C@@]4(C)C(=CC[C@H]5[C@@H]6C[C@@H]7O[C@]8(CC[C@@H](C)CN8)[C@@H](C)[C@@H]7[C@@]6(C)CC[C@@H]54)C3)O[C@@H]2[C@@H](OC(C)=O)[C@@H]1OC(C)=O. The maximum absolute atomic E-state index is 12.2. The van der Waals surface area contributed by atoms with Crippen molar-refractivity contribution in [1.29, 1.82) is 0 Å². The summed E-state index contributed by atoms with van der Waals surface area (Å²) in [6.07, 6.45) is 7.53. The smallest absolute Gasteiger partial charge is 0.303 e. The molecule has 1 unspecified atom stereocenters. The summed E-state index contributed by atoms with van der Waals surface area (Å²) in [5, 5.41) is 3.89. The molecule has 3 saturated carbocycles. The summed E-state index contributed by atoms with van der Waals surface area (Å²) in [5.74, 6) is 0.612. The van der Waals surface area contributed by atoms with E-state index in [-0.39, 0.29) is 23.9 Å². The molecule has 1 spiro atoms. The molecule has 8 rings (SSSR count). The van der Waals surface area contributed by atoms with E-state index in [0.717, 1.165) is 38.6 Å². The second-order valence-corrected chi connectivity index (χ2v) is 18.5. The highest BCUT2D eigenvalue weighted by Crippen LogP contribution is 2.70. The molecule has 4 saturated heterocycles. The molecular formula is C41H61NO11. The lowest BCUT2D eigenvalue weighted by molar-refractivity contribution is -0.360. The molecule has 12 heteroatoms. The summed E-state index contributed by atoms with van der Waals surface area (Å²) in [6, 6.07) is 0. The molecule has 0 radical (unpaired) electrons. The monoisotopic (exact) mass is 743 g/mol. The molecule has 0 amide bonds. The molecule has 7 fully saturated rings. The molecule has 296 valence electrons. The van der Waals surface area contributed by atoms with E-state index in [1.165, 1.54) is 52.0 Å². The zero-order valence-electron chi connectivity index (χ0n) is 32.9. The zero-order chi connectivity index (χ0) is 37.7. The topological polar surface area (TPSA) is 137 Å². The highest BCUT2D eigenvalue weighted by Gasteiger charge is 2.68. The van der Waals surface area contributed by atoms with Gasteiger partial charge in [-0.25, -0.2) is 0 Å². The van der Waals surface area contributed by atoms with Gasteiger partial charge in [0.1, 0.15) is 18.4 Å². The molecule has 0 aromatic carbocycles. The number of carbonyl (C=O) groups is 3. The second kappa shape index (κ2) is 13.5. The van der Waals surface area contributed by atoms with E-state index in [0.29, 0.717) is 47.0 Å². The van der Waals surface area contributed by atoms with Crippen molar-refractivity contribution >= 4 is 17.9 Å². The Morgan fingerprint density at radius 1 is 0.887 bits per heavy atom. The van der Waals surface area contributed by atoms with Crippen LogP contribution in [0.15, 0.2) is 11.6 Å². The fourth-order valence-electron chi connectivity index (χ4n) is 12.9. The quantitative estimate of drug-likeness (QED) is 0.208. The Labute approximate surface area is 314 Å². The van der Waals surface area contributed by atoms with Crippen LogP contribution in [0.4, 0.5) is 0 Å². The van der Waals surface area contributed by atoms with Gasteiger partial charge in [-0.3, -0.25) is 24.4 Å². The summed E-state index contributed by atoms with van der Waals surface area (Å²) in [5.41, 5.74) is 1.77. The van der Waals surface area contributed by atoms with Crippen LogP contribution in [0.3, 0.4) is 0 Å². The molecule has 8 aliphatic rings. The molecule has 4 heterocycles. The average Bonchev–Trinajstić information content (AvgIpc) is 3.67. The minimum atomic E-state index is -1.51.